The molecule has 7 nitrogen and oxygen atoms in total. The van der Waals surface area contributed by atoms with Gasteiger partial charge in [-0.2, -0.15) is 5.10 Å². The number of nitrogens with one attached hydrogen (secondary N) is 2. The fourth-order valence-corrected chi connectivity index (χ4v) is 2.16. The van der Waals surface area contributed by atoms with Crippen LogP contribution in [-0.2, 0) is 9.59 Å². The number of carbonyl (C=O) groups excluding carboxylic acids is 2. The molecule has 26 heavy (non-hydrogen) atoms. The van der Waals surface area contributed by atoms with Gasteiger partial charge in [-0.3, -0.25) is 9.59 Å². The van der Waals surface area contributed by atoms with Gasteiger partial charge >= 0.3 is 11.8 Å². The average Bonchev–Trinajstić information content (AvgIpc) is 2.63. The first-order valence-corrected chi connectivity index (χ1v) is 8.12. The fraction of sp³-hybridized carbons (Fsp3) is 0.167. The lowest BCUT2D eigenvalue weighted by atomic mass is 10.2. The molecule has 0 atom stereocenters. The third kappa shape index (κ3) is 5.49. The summed E-state index contributed by atoms with van der Waals surface area (Å²) >= 11 is 5.88. The Balaban J connectivity index is 1.93. The van der Waals surface area contributed by atoms with Gasteiger partial charge in [0.05, 0.1) is 25.6 Å². The predicted octanol–water partition coefficient (Wildman–Crippen LogP) is 2.84. The van der Waals surface area contributed by atoms with E-state index in [0.717, 1.165) is 11.3 Å². The van der Waals surface area contributed by atoms with Gasteiger partial charge < -0.3 is 14.8 Å². The van der Waals surface area contributed by atoms with Crippen LogP contribution in [0.15, 0.2) is 47.6 Å². The molecule has 0 aliphatic rings. The molecule has 0 unspecified atom stereocenters. The van der Waals surface area contributed by atoms with Gasteiger partial charge in [0.25, 0.3) is 0 Å². The molecule has 0 bridgehead atoms. The van der Waals surface area contributed by atoms with Gasteiger partial charge in [-0.1, -0.05) is 11.6 Å². The number of amides is 2. The second-order valence-corrected chi connectivity index (χ2v) is 5.44. The number of benzene rings is 2. The topological polar surface area (TPSA) is 89.0 Å². The van der Waals surface area contributed by atoms with Crippen LogP contribution in [0.2, 0.25) is 5.02 Å². The molecule has 0 radical (unpaired) electrons. The summed E-state index contributed by atoms with van der Waals surface area (Å²) in [5, 5.41) is 6.58. The summed E-state index contributed by atoms with van der Waals surface area (Å²) in [6.45, 7) is 2.48. The number of hydrazone groups is 1. The molecule has 0 fully saturated rings. The molecule has 0 aliphatic heterocycles. The van der Waals surface area contributed by atoms with E-state index in [1.54, 1.807) is 36.4 Å². The van der Waals surface area contributed by atoms with Crippen LogP contribution >= 0.6 is 11.6 Å². The van der Waals surface area contributed by atoms with E-state index in [9.17, 15) is 9.59 Å². The quantitative estimate of drug-likeness (QED) is 0.461. The van der Waals surface area contributed by atoms with Gasteiger partial charge in [0.1, 0.15) is 11.5 Å². The Bertz CT molecular complexity index is 807. The van der Waals surface area contributed by atoms with Crippen LogP contribution in [0.25, 0.3) is 0 Å². The van der Waals surface area contributed by atoms with Crippen LogP contribution in [0.1, 0.15) is 12.5 Å². The highest BCUT2D eigenvalue weighted by atomic mass is 35.5. The van der Waals surface area contributed by atoms with Crippen molar-refractivity contribution >= 4 is 35.3 Å². The van der Waals surface area contributed by atoms with Gasteiger partial charge in [0, 0.05) is 5.02 Å². The number of hydrogen-bond donors (Lipinski definition) is 2. The summed E-state index contributed by atoms with van der Waals surface area (Å²) in [5.41, 5.74) is 3.19. The maximum atomic E-state index is 11.9. The van der Waals surface area contributed by atoms with Gasteiger partial charge in [-0.05, 0) is 55.0 Å². The molecule has 0 aliphatic carbocycles. The maximum absolute atomic E-state index is 11.9. The first kappa shape index (κ1) is 19.3. The lowest BCUT2D eigenvalue weighted by Gasteiger charge is -2.09. The second kappa shape index (κ2) is 9.43. The van der Waals surface area contributed by atoms with E-state index < -0.39 is 11.8 Å². The van der Waals surface area contributed by atoms with Crippen molar-refractivity contribution in [1.29, 1.82) is 0 Å². The summed E-state index contributed by atoms with van der Waals surface area (Å²) in [6.07, 6.45) is 1.42. The SMILES string of the molecule is CCOc1ccc(/C=N\NC(=O)C(=O)Nc2cc(Cl)ccc2OC)cc1. The summed E-state index contributed by atoms with van der Waals surface area (Å²) in [7, 11) is 1.44. The molecule has 0 saturated heterocycles. The third-order valence-corrected chi connectivity index (χ3v) is 3.42. The lowest BCUT2D eigenvalue weighted by molar-refractivity contribution is -0.136. The van der Waals surface area contributed by atoms with Crippen LogP contribution in [0, 0.1) is 0 Å². The van der Waals surface area contributed by atoms with Crippen LogP contribution in [0.5, 0.6) is 11.5 Å². The van der Waals surface area contributed by atoms with Gasteiger partial charge in [0.2, 0.25) is 0 Å². The van der Waals surface area contributed by atoms with E-state index in [2.05, 4.69) is 15.8 Å². The van der Waals surface area contributed by atoms with E-state index in [1.165, 1.54) is 19.4 Å². The van der Waals surface area contributed by atoms with E-state index in [0.29, 0.717) is 17.4 Å². The summed E-state index contributed by atoms with van der Waals surface area (Å²) in [6, 6.07) is 11.8. The molecular formula is C18H18ClN3O4. The normalized spacial score (nSPS) is 10.4. The number of hydrogen-bond acceptors (Lipinski definition) is 5. The third-order valence-electron chi connectivity index (χ3n) is 3.19. The van der Waals surface area contributed by atoms with E-state index in [4.69, 9.17) is 21.1 Å². The van der Waals surface area contributed by atoms with E-state index >= 15 is 0 Å². The summed E-state index contributed by atoms with van der Waals surface area (Å²) < 4.78 is 10.4. The molecule has 2 aromatic carbocycles. The largest absolute Gasteiger partial charge is 0.495 e. The van der Waals surface area contributed by atoms with Crippen molar-refractivity contribution in [3.63, 3.8) is 0 Å². The van der Waals surface area contributed by atoms with Crippen LogP contribution in [0.4, 0.5) is 5.69 Å². The van der Waals surface area contributed by atoms with Crippen molar-refractivity contribution in [2.75, 3.05) is 19.0 Å². The fourth-order valence-electron chi connectivity index (χ4n) is 1.99. The molecule has 136 valence electrons. The lowest BCUT2D eigenvalue weighted by Crippen LogP contribution is -2.32. The van der Waals surface area contributed by atoms with E-state index in [-0.39, 0.29) is 5.69 Å². The minimum Gasteiger partial charge on any atom is -0.495 e. The van der Waals surface area contributed by atoms with Crippen molar-refractivity contribution in [3.8, 4) is 11.5 Å². The molecule has 2 rings (SSSR count). The van der Waals surface area contributed by atoms with Crippen molar-refractivity contribution in [1.82, 2.24) is 5.43 Å². The Morgan fingerprint density at radius 3 is 2.54 bits per heavy atom. The second-order valence-electron chi connectivity index (χ2n) is 5.00. The number of anilines is 1. The van der Waals surface area contributed by atoms with Crippen molar-refractivity contribution in [2.45, 2.75) is 6.92 Å². The maximum Gasteiger partial charge on any atom is 0.329 e. The highest BCUT2D eigenvalue weighted by molar-refractivity contribution is 6.40. The highest BCUT2D eigenvalue weighted by Gasteiger charge is 2.15. The minimum absolute atomic E-state index is 0.288. The number of rotatable bonds is 6. The molecule has 0 heterocycles. The molecule has 2 N–H and O–H groups in total. The Morgan fingerprint density at radius 1 is 1.15 bits per heavy atom. The zero-order chi connectivity index (χ0) is 18.9. The number of nitrogens with zero attached hydrogens (tertiary/aromatic N) is 1. The first-order chi connectivity index (χ1) is 12.5. The van der Waals surface area contributed by atoms with Crippen LogP contribution in [-0.4, -0.2) is 31.7 Å². The number of methoxy groups -OCH3 is 1. The molecule has 0 saturated carbocycles. The van der Waals surface area contributed by atoms with Crippen LogP contribution in [0.3, 0.4) is 0 Å². The Kier molecular flexibility index (Phi) is 6.99. The zero-order valence-corrected chi connectivity index (χ0v) is 15.0. The van der Waals surface area contributed by atoms with Gasteiger partial charge in [-0.25, -0.2) is 5.43 Å². The molecule has 8 heteroatoms. The van der Waals surface area contributed by atoms with Crippen molar-refractivity contribution < 1.29 is 19.1 Å². The smallest absolute Gasteiger partial charge is 0.329 e. The number of ether oxygens (including phenoxy) is 2. The predicted molar refractivity (Wildman–Crippen MR) is 100.0 cm³/mol. The molecule has 0 spiro atoms. The van der Waals surface area contributed by atoms with Crippen molar-refractivity contribution in [2.24, 2.45) is 5.10 Å². The monoisotopic (exact) mass is 375 g/mol. The Labute approximate surface area is 155 Å². The molecule has 0 aromatic heterocycles. The standard InChI is InChI=1S/C18H18ClN3O4/c1-3-26-14-7-4-12(5-8-14)11-20-22-18(24)17(23)21-15-10-13(19)6-9-16(15)25-2/h4-11H,3H2,1-2H3,(H,21,23)(H,22,24)/b20-11-. The van der Waals surface area contributed by atoms with E-state index in [1.807, 2.05) is 6.92 Å². The van der Waals surface area contributed by atoms with Gasteiger partial charge in [-0.15, -0.1) is 0 Å². The van der Waals surface area contributed by atoms with Gasteiger partial charge in [0.15, 0.2) is 0 Å². The van der Waals surface area contributed by atoms with Crippen LogP contribution < -0.4 is 20.2 Å². The number of halogens is 1. The average molecular weight is 376 g/mol. The minimum atomic E-state index is -0.922. The number of carbonyl (C=O) groups is 2. The molecule has 2 aromatic rings. The Morgan fingerprint density at radius 2 is 1.88 bits per heavy atom. The highest BCUT2D eigenvalue weighted by Crippen LogP contribution is 2.27. The van der Waals surface area contributed by atoms with Crippen molar-refractivity contribution in [3.05, 3.63) is 53.1 Å². The summed E-state index contributed by atoms with van der Waals surface area (Å²) in [4.78, 5) is 23.8. The first-order valence-electron chi connectivity index (χ1n) is 7.74. The Hall–Kier alpha value is -3.06. The molecular weight excluding hydrogens is 358 g/mol. The molecule has 2 amide bonds. The summed E-state index contributed by atoms with van der Waals surface area (Å²) in [5.74, 6) is -0.694. The zero-order valence-electron chi connectivity index (χ0n) is 14.3.